The van der Waals surface area contributed by atoms with E-state index in [4.69, 9.17) is 4.74 Å². The second-order valence-electron chi connectivity index (χ2n) is 4.45. The lowest BCUT2D eigenvalue weighted by atomic mass is 10.2. The topological polar surface area (TPSA) is 49.4 Å². The van der Waals surface area contributed by atoms with Crippen LogP contribution in [0.5, 0.6) is 0 Å². The van der Waals surface area contributed by atoms with Gasteiger partial charge >= 0.3 is 0 Å². The van der Waals surface area contributed by atoms with E-state index in [0.29, 0.717) is 0 Å². The van der Waals surface area contributed by atoms with Gasteiger partial charge in [0.05, 0.1) is 12.7 Å². The number of anilines is 2. The first-order valence-corrected chi connectivity index (χ1v) is 6.53. The van der Waals surface area contributed by atoms with E-state index in [1.165, 1.54) is 0 Å². The predicted molar refractivity (Wildman–Crippen MR) is 74.1 cm³/mol. The highest BCUT2D eigenvalue weighted by atomic mass is 16.5. The van der Waals surface area contributed by atoms with Crippen LogP contribution < -0.4 is 10.6 Å². The van der Waals surface area contributed by atoms with Gasteiger partial charge in [-0.3, -0.25) is 4.90 Å². The maximum absolute atomic E-state index is 5.75. The number of ether oxygens (including phenoxy) is 1. The van der Waals surface area contributed by atoms with Crippen molar-refractivity contribution in [1.82, 2.24) is 9.88 Å². The molecule has 0 bridgehead atoms. The van der Waals surface area contributed by atoms with Crippen molar-refractivity contribution < 1.29 is 4.74 Å². The van der Waals surface area contributed by atoms with Gasteiger partial charge in [-0.2, -0.15) is 0 Å². The highest BCUT2D eigenvalue weighted by Gasteiger charge is 2.18. The molecule has 1 aliphatic rings. The molecule has 0 aliphatic carbocycles. The number of aromatic nitrogens is 1. The Hall–Kier alpha value is -1.33. The van der Waals surface area contributed by atoms with Crippen molar-refractivity contribution >= 4 is 11.5 Å². The summed E-state index contributed by atoms with van der Waals surface area (Å²) in [5, 5.41) is 6.43. The van der Waals surface area contributed by atoms with Gasteiger partial charge in [0.1, 0.15) is 5.82 Å². The van der Waals surface area contributed by atoms with Crippen LogP contribution in [0.3, 0.4) is 0 Å². The van der Waals surface area contributed by atoms with Crippen LogP contribution in [0.1, 0.15) is 6.92 Å². The van der Waals surface area contributed by atoms with E-state index in [-0.39, 0.29) is 6.10 Å². The molecular formula is C13H22N4O. The minimum absolute atomic E-state index is 0.268. The zero-order chi connectivity index (χ0) is 12.8. The number of likely N-dealkylation sites (N-methyl/N-ethyl adjacent to an activating group) is 1. The zero-order valence-electron chi connectivity index (χ0n) is 11.1. The second kappa shape index (κ2) is 6.56. The first-order chi connectivity index (χ1) is 8.81. The normalized spacial score (nSPS) is 20.7. The Bertz CT molecular complexity index is 372. The highest BCUT2D eigenvalue weighted by molar-refractivity contribution is 5.51. The lowest BCUT2D eigenvalue weighted by molar-refractivity contribution is -0.0191. The first-order valence-electron chi connectivity index (χ1n) is 6.53. The van der Waals surface area contributed by atoms with Crippen molar-refractivity contribution in [3.63, 3.8) is 0 Å². The van der Waals surface area contributed by atoms with Gasteiger partial charge in [-0.25, -0.2) is 4.98 Å². The predicted octanol–water partition coefficient (Wildman–Crippen LogP) is 1.26. The molecule has 100 valence electrons. The van der Waals surface area contributed by atoms with Crippen LogP contribution in [0.4, 0.5) is 11.5 Å². The largest absolute Gasteiger partial charge is 0.382 e. The molecule has 0 spiro atoms. The van der Waals surface area contributed by atoms with Gasteiger partial charge in [0.2, 0.25) is 0 Å². The molecule has 0 saturated carbocycles. The van der Waals surface area contributed by atoms with Crippen LogP contribution in [0, 0.1) is 0 Å². The fourth-order valence-electron chi connectivity index (χ4n) is 2.10. The smallest absolute Gasteiger partial charge is 0.127 e. The van der Waals surface area contributed by atoms with Crippen molar-refractivity contribution in [2.75, 3.05) is 50.5 Å². The molecular weight excluding hydrogens is 228 g/mol. The number of nitrogens with one attached hydrogen (secondary N) is 2. The molecule has 2 N–H and O–H groups in total. The Balaban J connectivity index is 1.83. The number of nitrogens with zero attached hydrogens (tertiary/aromatic N) is 2. The summed E-state index contributed by atoms with van der Waals surface area (Å²) in [6, 6.07) is 3.97. The number of morpholine rings is 1. The van der Waals surface area contributed by atoms with Crippen LogP contribution in [-0.4, -0.2) is 55.8 Å². The molecule has 1 unspecified atom stereocenters. The van der Waals surface area contributed by atoms with Gasteiger partial charge in [0.15, 0.2) is 0 Å². The summed E-state index contributed by atoms with van der Waals surface area (Å²) in [6.45, 7) is 7.01. The molecule has 18 heavy (non-hydrogen) atoms. The monoisotopic (exact) mass is 250 g/mol. The van der Waals surface area contributed by atoms with E-state index < -0.39 is 0 Å². The van der Waals surface area contributed by atoms with Crippen molar-refractivity contribution in [2.24, 2.45) is 0 Å². The molecule has 0 radical (unpaired) electrons. The maximum atomic E-state index is 5.75. The van der Waals surface area contributed by atoms with Crippen molar-refractivity contribution in [1.29, 1.82) is 0 Å². The third-order valence-electron chi connectivity index (χ3n) is 3.22. The molecule has 1 aromatic heterocycles. The summed E-state index contributed by atoms with van der Waals surface area (Å²) < 4.78 is 5.75. The molecule has 2 heterocycles. The summed E-state index contributed by atoms with van der Waals surface area (Å²) in [4.78, 5) is 6.61. The average molecular weight is 250 g/mol. The molecule has 1 atom stereocenters. The molecule has 1 fully saturated rings. The summed E-state index contributed by atoms with van der Waals surface area (Å²) in [7, 11) is 1.87. The van der Waals surface area contributed by atoms with Crippen molar-refractivity contribution in [3.8, 4) is 0 Å². The lowest BCUT2D eigenvalue weighted by Gasteiger charge is -2.32. The van der Waals surface area contributed by atoms with E-state index in [2.05, 4.69) is 27.4 Å². The van der Waals surface area contributed by atoms with Crippen molar-refractivity contribution in [2.45, 2.75) is 13.0 Å². The van der Waals surface area contributed by atoms with E-state index in [9.17, 15) is 0 Å². The summed E-state index contributed by atoms with van der Waals surface area (Å²) in [6.07, 6.45) is 2.07. The fourth-order valence-corrected chi connectivity index (χ4v) is 2.10. The maximum Gasteiger partial charge on any atom is 0.127 e. The van der Waals surface area contributed by atoms with Gasteiger partial charge in [-0.05, 0) is 12.6 Å². The Morgan fingerprint density at radius 1 is 1.56 bits per heavy atom. The van der Waals surface area contributed by atoms with Crippen molar-refractivity contribution in [3.05, 3.63) is 18.3 Å². The lowest BCUT2D eigenvalue weighted by Crippen LogP contribution is -2.45. The van der Waals surface area contributed by atoms with Crippen LogP contribution in [0.15, 0.2) is 18.3 Å². The molecule has 1 aromatic rings. The third kappa shape index (κ3) is 3.58. The Morgan fingerprint density at radius 3 is 3.22 bits per heavy atom. The van der Waals surface area contributed by atoms with Gasteiger partial charge in [-0.15, -0.1) is 0 Å². The standard InChI is InChI=1S/C13H22N4O/c1-3-17-6-7-18-12(10-17)9-16-11-4-5-15-13(8-11)14-2/h4-5,8,12H,3,6-7,9-10H2,1-2H3,(H2,14,15,16). The number of rotatable bonds is 5. The molecule has 5 nitrogen and oxygen atoms in total. The van der Waals surface area contributed by atoms with E-state index >= 15 is 0 Å². The van der Waals surface area contributed by atoms with E-state index in [1.807, 2.05) is 19.2 Å². The highest BCUT2D eigenvalue weighted by Crippen LogP contribution is 2.12. The molecule has 0 aromatic carbocycles. The summed E-state index contributed by atoms with van der Waals surface area (Å²) in [5.41, 5.74) is 1.08. The molecule has 0 amide bonds. The Morgan fingerprint density at radius 2 is 2.44 bits per heavy atom. The van der Waals surface area contributed by atoms with Crippen LogP contribution in [0.25, 0.3) is 0 Å². The van der Waals surface area contributed by atoms with Gasteiger partial charge in [0.25, 0.3) is 0 Å². The third-order valence-corrected chi connectivity index (χ3v) is 3.22. The SMILES string of the molecule is CCN1CCOC(CNc2ccnc(NC)c2)C1. The van der Waals surface area contributed by atoms with E-state index in [0.717, 1.165) is 44.3 Å². The molecule has 5 heteroatoms. The van der Waals surface area contributed by atoms with Gasteiger partial charge < -0.3 is 15.4 Å². The molecule has 2 rings (SSSR count). The first kappa shape index (κ1) is 13.1. The minimum atomic E-state index is 0.268. The number of hydrogen-bond acceptors (Lipinski definition) is 5. The summed E-state index contributed by atoms with van der Waals surface area (Å²) in [5.74, 6) is 0.875. The molecule has 1 saturated heterocycles. The Kier molecular flexibility index (Phi) is 4.78. The van der Waals surface area contributed by atoms with Crippen LogP contribution in [-0.2, 0) is 4.74 Å². The number of pyridine rings is 1. The number of hydrogen-bond donors (Lipinski definition) is 2. The van der Waals surface area contributed by atoms with Gasteiger partial charge in [0, 0.05) is 44.6 Å². The zero-order valence-corrected chi connectivity index (χ0v) is 11.1. The van der Waals surface area contributed by atoms with Gasteiger partial charge in [-0.1, -0.05) is 6.92 Å². The average Bonchev–Trinajstić information content (AvgIpc) is 2.45. The van der Waals surface area contributed by atoms with E-state index in [1.54, 1.807) is 6.20 Å². The summed E-state index contributed by atoms with van der Waals surface area (Å²) >= 11 is 0. The quantitative estimate of drug-likeness (QED) is 0.824. The minimum Gasteiger partial charge on any atom is -0.382 e. The second-order valence-corrected chi connectivity index (χ2v) is 4.45. The van der Waals surface area contributed by atoms with Crippen LogP contribution >= 0.6 is 0 Å². The fraction of sp³-hybridized carbons (Fsp3) is 0.615. The molecule has 1 aliphatic heterocycles. The van der Waals surface area contributed by atoms with Crippen LogP contribution in [0.2, 0.25) is 0 Å². The Labute approximate surface area is 109 Å².